The second-order valence-corrected chi connectivity index (χ2v) is 4.26. The number of methoxy groups -OCH3 is 1. The van der Waals surface area contributed by atoms with Crippen LogP contribution in [0.1, 0.15) is 17.3 Å². The zero-order chi connectivity index (χ0) is 13.8. The predicted molar refractivity (Wildman–Crippen MR) is 69.3 cm³/mol. The van der Waals surface area contributed by atoms with Crippen LogP contribution >= 0.6 is 11.6 Å². The van der Waals surface area contributed by atoms with Crippen molar-refractivity contribution in [1.82, 2.24) is 10.1 Å². The lowest BCUT2D eigenvalue weighted by Crippen LogP contribution is -2.05. The molecule has 0 saturated heterocycles. The summed E-state index contributed by atoms with van der Waals surface area (Å²) in [6, 6.07) is 3.40. The van der Waals surface area contributed by atoms with Gasteiger partial charge in [0.1, 0.15) is 0 Å². The van der Waals surface area contributed by atoms with Gasteiger partial charge in [-0.25, -0.2) is 0 Å². The Morgan fingerprint density at radius 1 is 1.42 bits per heavy atom. The minimum Gasteiger partial charge on any atom is -0.493 e. The molecule has 0 aliphatic rings. The highest BCUT2D eigenvalue weighted by molar-refractivity contribution is 6.30. The van der Waals surface area contributed by atoms with Crippen molar-refractivity contribution in [2.75, 3.05) is 7.11 Å². The number of aryl methyl sites for hydroxylation is 1. The van der Waals surface area contributed by atoms with E-state index in [1.165, 1.54) is 7.11 Å². The summed E-state index contributed by atoms with van der Waals surface area (Å²) in [6.45, 7) is 2.17. The van der Waals surface area contributed by atoms with E-state index in [1.54, 1.807) is 19.1 Å². The molecule has 7 heteroatoms. The molecule has 6 nitrogen and oxygen atoms in total. The Balaban J connectivity index is 2.23. The third kappa shape index (κ3) is 3.15. The Hall–Kier alpha value is -1.79. The van der Waals surface area contributed by atoms with E-state index >= 15 is 0 Å². The molecule has 0 atom stereocenters. The van der Waals surface area contributed by atoms with E-state index < -0.39 is 0 Å². The first-order chi connectivity index (χ1) is 9.13. The number of ether oxygens (including phenoxy) is 2. The lowest BCUT2D eigenvalue weighted by atomic mass is 10.2. The maximum atomic E-state index is 5.97. The van der Waals surface area contributed by atoms with Crippen molar-refractivity contribution in [2.24, 2.45) is 5.73 Å². The van der Waals surface area contributed by atoms with Crippen LogP contribution in [0.3, 0.4) is 0 Å². The van der Waals surface area contributed by atoms with Crippen LogP contribution in [0.5, 0.6) is 11.5 Å². The van der Waals surface area contributed by atoms with Gasteiger partial charge in [0.2, 0.25) is 0 Å². The molecule has 0 bridgehead atoms. The molecule has 0 saturated carbocycles. The van der Waals surface area contributed by atoms with E-state index in [0.717, 1.165) is 5.56 Å². The Kier molecular flexibility index (Phi) is 4.24. The van der Waals surface area contributed by atoms with E-state index in [2.05, 4.69) is 10.1 Å². The third-order valence-corrected chi connectivity index (χ3v) is 2.66. The lowest BCUT2D eigenvalue weighted by molar-refractivity contribution is 0.231. The molecule has 0 radical (unpaired) electrons. The highest BCUT2D eigenvalue weighted by atomic mass is 35.5. The number of rotatable bonds is 5. The molecule has 0 aliphatic carbocycles. The molecule has 2 aromatic rings. The number of hydrogen-bond donors (Lipinski definition) is 1. The molecule has 0 unspecified atom stereocenters. The van der Waals surface area contributed by atoms with Crippen LogP contribution in [0.2, 0.25) is 5.02 Å². The summed E-state index contributed by atoms with van der Waals surface area (Å²) in [6.07, 6.45) is 0. The minimum atomic E-state index is 0.145. The van der Waals surface area contributed by atoms with E-state index in [9.17, 15) is 0 Å². The van der Waals surface area contributed by atoms with Crippen LogP contribution in [0.15, 0.2) is 16.7 Å². The molecule has 0 aliphatic heterocycles. The second-order valence-electron chi connectivity index (χ2n) is 3.82. The fourth-order valence-electron chi connectivity index (χ4n) is 1.62. The Labute approximate surface area is 115 Å². The number of nitrogens with zero attached hydrogens (tertiary/aromatic N) is 2. The topological polar surface area (TPSA) is 83.4 Å². The molecule has 19 heavy (non-hydrogen) atoms. The van der Waals surface area contributed by atoms with Gasteiger partial charge in [0.05, 0.1) is 7.11 Å². The summed E-state index contributed by atoms with van der Waals surface area (Å²) in [7, 11) is 1.54. The molecule has 1 heterocycles. The van der Waals surface area contributed by atoms with Gasteiger partial charge in [0.25, 0.3) is 5.89 Å². The Bertz CT molecular complexity index is 546. The van der Waals surface area contributed by atoms with Crippen molar-refractivity contribution >= 4 is 11.6 Å². The summed E-state index contributed by atoms with van der Waals surface area (Å²) in [5, 5.41) is 4.23. The largest absolute Gasteiger partial charge is 0.493 e. The fraction of sp³-hybridized carbons (Fsp3) is 0.333. The molecule has 0 amide bonds. The standard InChI is InChI=1S/C12H14ClN3O3/c1-7-15-11(19-16-7)6-18-12-8(5-14)3-9(13)4-10(12)17-2/h3-4H,5-6,14H2,1-2H3. The lowest BCUT2D eigenvalue weighted by Gasteiger charge is -2.13. The van der Waals surface area contributed by atoms with Crippen LogP contribution in [0.25, 0.3) is 0 Å². The zero-order valence-electron chi connectivity index (χ0n) is 10.6. The maximum absolute atomic E-state index is 5.97. The van der Waals surface area contributed by atoms with Crippen LogP contribution in [-0.2, 0) is 13.2 Å². The smallest absolute Gasteiger partial charge is 0.264 e. The molecule has 0 spiro atoms. The molecule has 1 aromatic carbocycles. The van der Waals surface area contributed by atoms with Gasteiger partial charge in [-0.3, -0.25) is 0 Å². The van der Waals surface area contributed by atoms with Gasteiger partial charge in [-0.05, 0) is 13.0 Å². The summed E-state index contributed by atoms with van der Waals surface area (Å²) in [4.78, 5) is 4.05. The van der Waals surface area contributed by atoms with Gasteiger partial charge >= 0.3 is 0 Å². The van der Waals surface area contributed by atoms with Crippen LogP contribution in [0.4, 0.5) is 0 Å². The number of hydrogen-bond acceptors (Lipinski definition) is 6. The monoisotopic (exact) mass is 283 g/mol. The van der Waals surface area contributed by atoms with Gasteiger partial charge in [-0.15, -0.1) is 0 Å². The highest BCUT2D eigenvalue weighted by Crippen LogP contribution is 2.34. The molecular formula is C12H14ClN3O3. The van der Waals surface area contributed by atoms with Gasteiger partial charge in [0.15, 0.2) is 23.9 Å². The normalized spacial score (nSPS) is 10.5. The van der Waals surface area contributed by atoms with Crippen molar-refractivity contribution < 1.29 is 14.0 Å². The van der Waals surface area contributed by atoms with Crippen molar-refractivity contribution in [3.05, 3.63) is 34.4 Å². The minimum absolute atomic E-state index is 0.145. The van der Waals surface area contributed by atoms with E-state index in [4.69, 9.17) is 31.3 Å². The summed E-state index contributed by atoms with van der Waals surface area (Å²) in [5.41, 5.74) is 6.42. The van der Waals surface area contributed by atoms with Gasteiger partial charge in [0, 0.05) is 23.2 Å². The number of halogens is 1. The first-order valence-corrected chi connectivity index (χ1v) is 6.00. The fourth-order valence-corrected chi connectivity index (χ4v) is 1.85. The summed E-state index contributed by atoms with van der Waals surface area (Å²) < 4.78 is 15.8. The first-order valence-electron chi connectivity index (χ1n) is 5.62. The molecule has 2 N–H and O–H groups in total. The van der Waals surface area contributed by atoms with Crippen molar-refractivity contribution in [1.29, 1.82) is 0 Å². The van der Waals surface area contributed by atoms with Crippen LogP contribution < -0.4 is 15.2 Å². The maximum Gasteiger partial charge on any atom is 0.264 e. The molecule has 1 aromatic heterocycles. The second kappa shape index (κ2) is 5.90. The van der Waals surface area contributed by atoms with Gasteiger partial charge < -0.3 is 19.7 Å². The predicted octanol–water partition coefficient (Wildman–Crippen LogP) is 2.08. The SMILES string of the molecule is COc1cc(Cl)cc(CN)c1OCc1nc(C)no1. The average Bonchev–Trinajstić information content (AvgIpc) is 2.81. The highest BCUT2D eigenvalue weighted by Gasteiger charge is 2.13. The molecule has 2 rings (SSSR count). The number of nitrogens with two attached hydrogens (primary N) is 1. The van der Waals surface area contributed by atoms with Crippen molar-refractivity contribution in [2.45, 2.75) is 20.1 Å². The molecular weight excluding hydrogens is 270 g/mol. The Morgan fingerprint density at radius 2 is 2.21 bits per heavy atom. The number of benzene rings is 1. The average molecular weight is 284 g/mol. The number of aromatic nitrogens is 2. The van der Waals surface area contributed by atoms with Crippen molar-refractivity contribution in [3.63, 3.8) is 0 Å². The van der Waals surface area contributed by atoms with Gasteiger partial charge in [-0.1, -0.05) is 16.8 Å². The van der Waals surface area contributed by atoms with E-state index in [-0.39, 0.29) is 13.2 Å². The summed E-state index contributed by atoms with van der Waals surface area (Å²) >= 11 is 5.97. The quantitative estimate of drug-likeness (QED) is 0.904. The molecule has 0 fully saturated rings. The van der Waals surface area contributed by atoms with Gasteiger partial charge in [-0.2, -0.15) is 4.98 Å². The van der Waals surface area contributed by atoms with E-state index in [0.29, 0.717) is 28.2 Å². The third-order valence-electron chi connectivity index (χ3n) is 2.45. The summed E-state index contributed by atoms with van der Waals surface area (Å²) in [5.74, 6) is 1.99. The van der Waals surface area contributed by atoms with Crippen molar-refractivity contribution in [3.8, 4) is 11.5 Å². The first kappa shape index (κ1) is 13.6. The Morgan fingerprint density at radius 3 is 2.79 bits per heavy atom. The van der Waals surface area contributed by atoms with Crippen LogP contribution in [-0.4, -0.2) is 17.3 Å². The molecule has 102 valence electrons. The van der Waals surface area contributed by atoms with E-state index in [1.807, 2.05) is 0 Å². The van der Waals surface area contributed by atoms with Crippen LogP contribution in [0, 0.1) is 6.92 Å². The zero-order valence-corrected chi connectivity index (χ0v) is 11.4.